The van der Waals surface area contributed by atoms with E-state index in [9.17, 15) is 9.59 Å². The molecule has 1 unspecified atom stereocenters. The van der Waals surface area contributed by atoms with Gasteiger partial charge in [0, 0.05) is 6.54 Å². The van der Waals surface area contributed by atoms with Gasteiger partial charge >= 0.3 is 11.7 Å². The normalized spacial score (nSPS) is 19.8. The van der Waals surface area contributed by atoms with Gasteiger partial charge in [0.1, 0.15) is 0 Å². The molecule has 1 aliphatic heterocycles. The van der Waals surface area contributed by atoms with Gasteiger partial charge in [-0.3, -0.25) is 0 Å². The third-order valence-corrected chi connectivity index (χ3v) is 2.71. The molecule has 0 radical (unpaired) electrons. The lowest BCUT2D eigenvalue weighted by molar-refractivity contribution is 0.247. The van der Waals surface area contributed by atoms with Crippen LogP contribution in [0.4, 0.5) is 4.79 Å². The molecule has 0 bridgehead atoms. The van der Waals surface area contributed by atoms with E-state index in [1.54, 1.807) is 0 Å². The number of nitrogens with one attached hydrogen (secondary N) is 4. The van der Waals surface area contributed by atoms with E-state index in [4.69, 9.17) is 0 Å². The number of amides is 2. The van der Waals surface area contributed by atoms with Gasteiger partial charge in [0.2, 0.25) is 0 Å². The van der Waals surface area contributed by atoms with Crippen LogP contribution in [0.15, 0.2) is 23.0 Å². The Bertz CT molecular complexity index is 613. The zero-order valence-electron chi connectivity index (χ0n) is 8.33. The number of benzene rings is 1. The fourth-order valence-electron chi connectivity index (χ4n) is 1.92. The summed E-state index contributed by atoms with van der Waals surface area (Å²) in [4.78, 5) is 27.4. The Balaban J connectivity index is 2.04. The van der Waals surface area contributed by atoms with E-state index in [-0.39, 0.29) is 17.8 Å². The lowest BCUT2D eigenvalue weighted by atomic mass is 10.1. The summed E-state index contributed by atoms with van der Waals surface area (Å²) in [6.45, 7) is 0.568. The van der Waals surface area contributed by atoms with E-state index in [1.165, 1.54) is 0 Å². The average molecular weight is 218 g/mol. The maximum absolute atomic E-state index is 11.1. The number of rotatable bonds is 1. The van der Waals surface area contributed by atoms with Crippen molar-refractivity contribution in [1.82, 2.24) is 20.6 Å². The minimum Gasteiger partial charge on any atom is -0.336 e. The number of aromatic amines is 2. The second kappa shape index (κ2) is 3.13. The highest BCUT2D eigenvalue weighted by atomic mass is 16.2. The number of urea groups is 1. The van der Waals surface area contributed by atoms with Gasteiger partial charge in [-0.1, -0.05) is 6.07 Å². The molecule has 0 saturated carbocycles. The molecule has 2 amide bonds. The van der Waals surface area contributed by atoms with Gasteiger partial charge in [-0.2, -0.15) is 0 Å². The Morgan fingerprint density at radius 2 is 1.94 bits per heavy atom. The van der Waals surface area contributed by atoms with Crippen LogP contribution in [0.3, 0.4) is 0 Å². The van der Waals surface area contributed by atoms with Crippen molar-refractivity contribution < 1.29 is 4.79 Å². The summed E-state index contributed by atoms with van der Waals surface area (Å²) in [6, 6.07) is 5.39. The second-order valence-electron chi connectivity index (χ2n) is 3.79. The largest absolute Gasteiger partial charge is 0.336 e. The molecule has 1 fully saturated rings. The highest BCUT2D eigenvalue weighted by Gasteiger charge is 2.21. The van der Waals surface area contributed by atoms with Crippen molar-refractivity contribution in [2.24, 2.45) is 0 Å². The molecule has 1 aliphatic rings. The molecule has 6 nitrogen and oxygen atoms in total. The fourth-order valence-corrected chi connectivity index (χ4v) is 1.92. The Kier molecular flexibility index (Phi) is 1.76. The second-order valence-corrected chi connectivity index (χ2v) is 3.79. The van der Waals surface area contributed by atoms with Gasteiger partial charge < -0.3 is 20.6 Å². The third-order valence-electron chi connectivity index (χ3n) is 2.71. The van der Waals surface area contributed by atoms with Crippen LogP contribution in [0.1, 0.15) is 11.6 Å². The fraction of sp³-hybridized carbons (Fsp3) is 0.200. The van der Waals surface area contributed by atoms with Crippen molar-refractivity contribution in [1.29, 1.82) is 0 Å². The van der Waals surface area contributed by atoms with Gasteiger partial charge in [-0.05, 0) is 17.7 Å². The number of hydrogen-bond donors (Lipinski definition) is 4. The predicted molar refractivity (Wildman–Crippen MR) is 58.2 cm³/mol. The SMILES string of the molecule is O=C1NCC(c2ccc3[nH]c(=O)[nH]c3c2)N1. The Labute approximate surface area is 90.1 Å². The van der Waals surface area contributed by atoms with Gasteiger partial charge in [0.05, 0.1) is 17.1 Å². The Morgan fingerprint density at radius 1 is 1.12 bits per heavy atom. The summed E-state index contributed by atoms with van der Waals surface area (Å²) < 4.78 is 0. The topological polar surface area (TPSA) is 89.8 Å². The van der Waals surface area contributed by atoms with E-state index in [0.29, 0.717) is 6.54 Å². The predicted octanol–water partition coefficient (Wildman–Crippen LogP) is 0.210. The molecular formula is C10H10N4O2. The maximum atomic E-state index is 11.1. The molecule has 1 saturated heterocycles. The molecule has 3 rings (SSSR count). The Hall–Kier alpha value is -2.24. The highest BCUT2D eigenvalue weighted by Crippen LogP contribution is 2.18. The van der Waals surface area contributed by atoms with Crippen molar-refractivity contribution >= 4 is 17.1 Å². The zero-order valence-corrected chi connectivity index (χ0v) is 8.33. The quantitative estimate of drug-likeness (QED) is 0.551. The smallest absolute Gasteiger partial charge is 0.323 e. The van der Waals surface area contributed by atoms with Crippen LogP contribution in [0.5, 0.6) is 0 Å². The van der Waals surface area contributed by atoms with Gasteiger partial charge in [0.25, 0.3) is 0 Å². The first-order chi connectivity index (χ1) is 7.72. The molecule has 1 atom stereocenters. The van der Waals surface area contributed by atoms with E-state index >= 15 is 0 Å². The van der Waals surface area contributed by atoms with Crippen molar-refractivity contribution in [2.45, 2.75) is 6.04 Å². The van der Waals surface area contributed by atoms with Crippen molar-refractivity contribution in [2.75, 3.05) is 6.54 Å². The van der Waals surface area contributed by atoms with Crippen molar-refractivity contribution in [3.05, 3.63) is 34.2 Å². The van der Waals surface area contributed by atoms with E-state index in [2.05, 4.69) is 20.6 Å². The van der Waals surface area contributed by atoms with Crippen LogP contribution in [0.2, 0.25) is 0 Å². The van der Waals surface area contributed by atoms with Crippen LogP contribution in [0.25, 0.3) is 11.0 Å². The molecule has 1 aromatic heterocycles. The summed E-state index contributed by atoms with van der Waals surface area (Å²) in [5.74, 6) is 0. The molecule has 82 valence electrons. The summed E-state index contributed by atoms with van der Waals surface area (Å²) >= 11 is 0. The van der Waals surface area contributed by atoms with Gasteiger partial charge in [0.15, 0.2) is 0 Å². The monoisotopic (exact) mass is 218 g/mol. The molecule has 1 aromatic carbocycles. The standard InChI is InChI=1S/C10H10N4O2/c15-9-11-4-8(14-9)5-1-2-6-7(3-5)13-10(16)12-6/h1-3,8H,4H2,(H2,11,14,15)(H2,12,13,16). The van der Waals surface area contributed by atoms with Crippen LogP contribution in [0, 0.1) is 0 Å². The van der Waals surface area contributed by atoms with Crippen molar-refractivity contribution in [3.8, 4) is 0 Å². The summed E-state index contributed by atoms with van der Waals surface area (Å²) in [6.07, 6.45) is 0. The number of carbonyl (C=O) groups excluding carboxylic acids is 1. The van der Waals surface area contributed by atoms with E-state index in [1.807, 2.05) is 18.2 Å². The average Bonchev–Trinajstić information content (AvgIpc) is 2.81. The van der Waals surface area contributed by atoms with Crippen LogP contribution >= 0.6 is 0 Å². The maximum Gasteiger partial charge on any atom is 0.323 e. The van der Waals surface area contributed by atoms with Gasteiger partial charge in [-0.25, -0.2) is 9.59 Å². The summed E-state index contributed by atoms with van der Waals surface area (Å²) in [7, 11) is 0. The van der Waals surface area contributed by atoms with Gasteiger partial charge in [-0.15, -0.1) is 0 Å². The summed E-state index contributed by atoms with van der Waals surface area (Å²) in [5, 5.41) is 5.48. The number of aromatic nitrogens is 2. The molecular weight excluding hydrogens is 208 g/mol. The minimum absolute atomic E-state index is 0.0321. The number of imidazole rings is 1. The first-order valence-electron chi connectivity index (χ1n) is 4.99. The molecule has 2 heterocycles. The first kappa shape index (κ1) is 9.02. The zero-order chi connectivity index (χ0) is 11.1. The molecule has 4 N–H and O–H groups in total. The van der Waals surface area contributed by atoms with E-state index in [0.717, 1.165) is 16.6 Å². The van der Waals surface area contributed by atoms with E-state index < -0.39 is 0 Å². The Morgan fingerprint density at radius 3 is 2.69 bits per heavy atom. The van der Waals surface area contributed by atoms with Crippen molar-refractivity contribution in [3.63, 3.8) is 0 Å². The number of hydrogen-bond acceptors (Lipinski definition) is 2. The first-order valence-corrected chi connectivity index (χ1v) is 4.99. The minimum atomic E-state index is -0.222. The molecule has 0 spiro atoms. The van der Waals surface area contributed by atoms with Crippen LogP contribution in [-0.4, -0.2) is 22.5 Å². The number of carbonyl (C=O) groups is 1. The molecule has 6 heteroatoms. The van der Waals surface area contributed by atoms with Crippen LogP contribution < -0.4 is 16.3 Å². The van der Waals surface area contributed by atoms with Crippen LogP contribution in [-0.2, 0) is 0 Å². The lowest BCUT2D eigenvalue weighted by Gasteiger charge is -2.08. The third kappa shape index (κ3) is 1.35. The highest BCUT2D eigenvalue weighted by molar-refractivity contribution is 5.78. The lowest BCUT2D eigenvalue weighted by Crippen LogP contribution is -2.21. The number of fused-ring (bicyclic) bond motifs is 1. The molecule has 0 aliphatic carbocycles. The molecule has 2 aromatic rings. The molecule has 16 heavy (non-hydrogen) atoms. The number of H-pyrrole nitrogens is 2. The summed E-state index contributed by atoms with van der Waals surface area (Å²) in [5.41, 5.74) is 2.27.